The molecule has 1 aromatic carbocycles. The zero-order chi connectivity index (χ0) is 10.7. The maximum atomic E-state index is 11.0. The standard InChI is InChI=1S/C12H15NO2/c1-15-12(14)7-6-10-8-9-4-2-3-5-11(9)13-10/h2-5,10,13H,6-8H2,1H3/t10-/m1/s1. The molecule has 0 radical (unpaired) electrons. The van der Waals surface area contributed by atoms with Gasteiger partial charge in [-0.05, 0) is 24.5 Å². The summed E-state index contributed by atoms with van der Waals surface area (Å²) in [4.78, 5) is 11.0. The van der Waals surface area contributed by atoms with Crippen LogP contribution in [0.15, 0.2) is 24.3 Å². The minimum Gasteiger partial charge on any atom is -0.469 e. The van der Waals surface area contributed by atoms with Gasteiger partial charge in [0, 0.05) is 18.2 Å². The molecule has 2 rings (SSSR count). The predicted octanol–water partition coefficient (Wildman–Crippen LogP) is 1.98. The lowest BCUT2D eigenvalue weighted by atomic mass is 10.1. The Kier molecular flexibility index (Phi) is 2.90. The van der Waals surface area contributed by atoms with E-state index in [-0.39, 0.29) is 5.97 Å². The number of carbonyl (C=O) groups excluding carboxylic acids is 1. The topological polar surface area (TPSA) is 38.3 Å². The molecule has 0 saturated heterocycles. The van der Waals surface area contributed by atoms with Gasteiger partial charge in [-0.1, -0.05) is 18.2 Å². The van der Waals surface area contributed by atoms with E-state index in [0.717, 1.165) is 12.8 Å². The molecule has 0 saturated carbocycles. The molecule has 0 bridgehead atoms. The first-order valence-corrected chi connectivity index (χ1v) is 5.21. The first-order valence-electron chi connectivity index (χ1n) is 5.21. The number of rotatable bonds is 3. The van der Waals surface area contributed by atoms with E-state index in [4.69, 9.17) is 0 Å². The Morgan fingerprint density at radius 2 is 2.33 bits per heavy atom. The van der Waals surface area contributed by atoms with Crippen molar-refractivity contribution in [2.45, 2.75) is 25.3 Å². The van der Waals surface area contributed by atoms with Crippen molar-refractivity contribution in [1.29, 1.82) is 0 Å². The number of ether oxygens (including phenoxy) is 1. The molecule has 0 unspecified atom stereocenters. The van der Waals surface area contributed by atoms with Gasteiger partial charge < -0.3 is 10.1 Å². The van der Waals surface area contributed by atoms with Crippen LogP contribution in [-0.2, 0) is 16.0 Å². The molecule has 0 aliphatic carbocycles. The summed E-state index contributed by atoms with van der Waals surface area (Å²) in [6.07, 6.45) is 2.33. The van der Waals surface area contributed by atoms with Crippen LogP contribution in [0.2, 0.25) is 0 Å². The summed E-state index contributed by atoms with van der Waals surface area (Å²) < 4.78 is 4.62. The quantitative estimate of drug-likeness (QED) is 0.767. The van der Waals surface area contributed by atoms with E-state index in [2.05, 4.69) is 22.2 Å². The molecule has 3 nitrogen and oxygen atoms in total. The minimum absolute atomic E-state index is 0.132. The molecular formula is C12H15NO2. The molecule has 1 aromatic rings. The van der Waals surface area contributed by atoms with Crippen molar-refractivity contribution in [2.24, 2.45) is 0 Å². The van der Waals surface area contributed by atoms with Crippen LogP contribution in [0.1, 0.15) is 18.4 Å². The van der Waals surface area contributed by atoms with Gasteiger partial charge in [0.25, 0.3) is 0 Å². The van der Waals surface area contributed by atoms with E-state index < -0.39 is 0 Å². The largest absolute Gasteiger partial charge is 0.469 e. The van der Waals surface area contributed by atoms with Gasteiger partial charge >= 0.3 is 5.97 Å². The van der Waals surface area contributed by atoms with Crippen LogP contribution in [0, 0.1) is 0 Å². The second-order valence-electron chi connectivity index (χ2n) is 3.82. The molecule has 0 aromatic heterocycles. The van der Waals surface area contributed by atoms with Gasteiger partial charge in [0.15, 0.2) is 0 Å². The molecule has 80 valence electrons. The molecule has 15 heavy (non-hydrogen) atoms. The van der Waals surface area contributed by atoms with Gasteiger partial charge in [-0.3, -0.25) is 4.79 Å². The van der Waals surface area contributed by atoms with Crippen LogP contribution in [0.4, 0.5) is 5.69 Å². The van der Waals surface area contributed by atoms with Crippen molar-refractivity contribution < 1.29 is 9.53 Å². The van der Waals surface area contributed by atoms with Crippen LogP contribution in [-0.4, -0.2) is 19.1 Å². The Morgan fingerprint density at radius 3 is 3.07 bits per heavy atom. The van der Waals surface area contributed by atoms with E-state index in [9.17, 15) is 4.79 Å². The maximum absolute atomic E-state index is 11.0. The summed E-state index contributed by atoms with van der Waals surface area (Å²) in [6, 6.07) is 8.65. The number of methoxy groups -OCH3 is 1. The Morgan fingerprint density at radius 1 is 1.53 bits per heavy atom. The van der Waals surface area contributed by atoms with E-state index in [1.165, 1.54) is 18.4 Å². The number of benzene rings is 1. The molecule has 1 N–H and O–H groups in total. The summed E-state index contributed by atoms with van der Waals surface area (Å²) in [5.74, 6) is -0.132. The number of nitrogens with one attached hydrogen (secondary N) is 1. The average Bonchev–Trinajstić information content (AvgIpc) is 2.68. The Labute approximate surface area is 89.4 Å². The lowest BCUT2D eigenvalue weighted by molar-refractivity contribution is -0.140. The van der Waals surface area contributed by atoms with Crippen molar-refractivity contribution in [1.82, 2.24) is 0 Å². The lowest BCUT2D eigenvalue weighted by Gasteiger charge is -2.09. The third kappa shape index (κ3) is 2.29. The predicted molar refractivity (Wildman–Crippen MR) is 58.8 cm³/mol. The number of anilines is 1. The molecular weight excluding hydrogens is 190 g/mol. The fraction of sp³-hybridized carbons (Fsp3) is 0.417. The smallest absolute Gasteiger partial charge is 0.305 e. The van der Waals surface area contributed by atoms with Crippen molar-refractivity contribution in [3.05, 3.63) is 29.8 Å². The van der Waals surface area contributed by atoms with Crippen LogP contribution in [0.3, 0.4) is 0 Å². The van der Waals surface area contributed by atoms with Gasteiger partial charge in [-0.2, -0.15) is 0 Å². The molecule has 0 amide bonds. The first kappa shape index (κ1) is 10.0. The van der Waals surface area contributed by atoms with Crippen LogP contribution < -0.4 is 5.32 Å². The van der Waals surface area contributed by atoms with Gasteiger partial charge in [0.05, 0.1) is 7.11 Å². The fourth-order valence-electron chi connectivity index (χ4n) is 1.94. The van der Waals surface area contributed by atoms with Gasteiger partial charge in [0.2, 0.25) is 0 Å². The molecule has 1 heterocycles. The van der Waals surface area contributed by atoms with Crippen molar-refractivity contribution >= 4 is 11.7 Å². The normalized spacial score (nSPS) is 18.1. The average molecular weight is 205 g/mol. The highest BCUT2D eigenvalue weighted by Gasteiger charge is 2.20. The summed E-state index contributed by atoms with van der Waals surface area (Å²) in [5.41, 5.74) is 2.54. The van der Waals surface area contributed by atoms with Gasteiger partial charge in [-0.15, -0.1) is 0 Å². The number of esters is 1. The lowest BCUT2D eigenvalue weighted by Crippen LogP contribution is -2.17. The number of para-hydroxylation sites is 1. The first-order chi connectivity index (χ1) is 7.29. The van der Waals surface area contributed by atoms with E-state index in [0.29, 0.717) is 12.5 Å². The van der Waals surface area contributed by atoms with Crippen molar-refractivity contribution in [3.8, 4) is 0 Å². The van der Waals surface area contributed by atoms with E-state index >= 15 is 0 Å². The second-order valence-corrected chi connectivity index (χ2v) is 3.82. The molecule has 0 spiro atoms. The van der Waals surface area contributed by atoms with E-state index in [1.54, 1.807) is 0 Å². The third-order valence-electron chi connectivity index (χ3n) is 2.77. The SMILES string of the molecule is COC(=O)CC[C@@H]1Cc2ccccc2N1. The van der Waals surface area contributed by atoms with E-state index in [1.807, 2.05) is 12.1 Å². The zero-order valence-electron chi connectivity index (χ0n) is 8.82. The highest BCUT2D eigenvalue weighted by molar-refractivity contribution is 5.69. The summed E-state index contributed by atoms with van der Waals surface area (Å²) >= 11 is 0. The Hall–Kier alpha value is -1.51. The number of carbonyl (C=O) groups is 1. The highest BCUT2D eigenvalue weighted by Crippen LogP contribution is 2.26. The molecule has 1 aliphatic heterocycles. The maximum Gasteiger partial charge on any atom is 0.305 e. The second kappa shape index (κ2) is 4.34. The number of fused-ring (bicyclic) bond motifs is 1. The van der Waals surface area contributed by atoms with Gasteiger partial charge in [0.1, 0.15) is 0 Å². The summed E-state index contributed by atoms with van der Waals surface area (Å²) in [5, 5.41) is 3.41. The molecule has 1 aliphatic rings. The van der Waals surface area contributed by atoms with Crippen LogP contribution in [0.25, 0.3) is 0 Å². The van der Waals surface area contributed by atoms with Crippen molar-refractivity contribution in [2.75, 3.05) is 12.4 Å². The number of hydrogen-bond donors (Lipinski definition) is 1. The zero-order valence-corrected chi connectivity index (χ0v) is 8.82. The monoisotopic (exact) mass is 205 g/mol. The summed E-state index contributed by atoms with van der Waals surface area (Å²) in [6.45, 7) is 0. The van der Waals surface area contributed by atoms with Crippen LogP contribution in [0.5, 0.6) is 0 Å². The fourth-order valence-corrected chi connectivity index (χ4v) is 1.94. The number of hydrogen-bond acceptors (Lipinski definition) is 3. The third-order valence-corrected chi connectivity index (χ3v) is 2.77. The van der Waals surface area contributed by atoms with Crippen LogP contribution >= 0.6 is 0 Å². The molecule has 0 fully saturated rings. The Balaban J connectivity index is 1.88. The molecule has 3 heteroatoms. The highest BCUT2D eigenvalue weighted by atomic mass is 16.5. The molecule has 1 atom stereocenters. The van der Waals surface area contributed by atoms with Crippen molar-refractivity contribution in [3.63, 3.8) is 0 Å². The Bertz CT molecular complexity index is 337. The van der Waals surface area contributed by atoms with Gasteiger partial charge in [-0.25, -0.2) is 0 Å². The minimum atomic E-state index is -0.132. The summed E-state index contributed by atoms with van der Waals surface area (Å²) in [7, 11) is 1.43.